The van der Waals surface area contributed by atoms with Crippen LogP contribution in [-0.4, -0.2) is 15.7 Å². The number of aromatic nitrogens is 2. The van der Waals surface area contributed by atoms with Gasteiger partial charge in [-0.15, -0.1) is 0 Å². The molecule has 1 aromatic heterocycles. The zero-order valence-electron chi connectivity index (χ0n) is 19.4. The quantitative estimate of drug-likeness (QED) is 0.173. The number of rotatable bonds is 6. The molecule has 4 rings (SSSR count). The second-order valence-corrected chi connectivity index (χ2v) is 9.55. The van der Waals surface area contributed by atoms with Gasteiger partial charge in [0.15, 0.2) is 0 Å². The third-order valence-electron chi connectivity index (χ3n) is 5.33. The van der Waals surface area contributed by atoms with Crippen LogP contribution in [0.5, 0.6) is 0 Å². The van der Waals surface area contributed by atoms with E-state index < -0.39 is 41.6 Å². The molecule has 0 N–H and O–H groups in total. The lowest BCUT2D eigenvalue weighted by Crippen LogP contribution is -2.14. The first-order valence-electron chi connectivity index (χ1n) is 10.8. The number of halogens is 7. The summed E-state index contributed by atoms with van der Waals surface area (Å²) in [4.78, 5) is 13.5. The molecular formula is C26H17ClF6N2O2S. The largest absolute Gasteiger partial charge is 0.457 e. The Labute approximate surface area is 222 Å². The fraction of sp³-hybridized carbons (Fsp3) is 0.154. The fourth-order valence-corrected chi connectivity index (χ4v) is 4.62. The average molecular weight is 571 g/mol. The van der Waals surface area contributed by atoms with Crippen LogP contribution in [0, 0.1) is 0 Å². The Kier molecular flexibility index (Phi) is 7.80. The molecule has 0 radical (unpaired) electrons. The van der Waals surface area contributed by atoms with Gasteiger partial charge in [0.1, 0.15) is 17.3 Å². The third-order valence-corrected chi connectivity index (χ3v) is 6.80. The highest BCUT2D eigenvalue weighted by molar-refractivity contribution is 7.99. The summed E-state index contributed by atoms with van der Waals surface area (Å²) in [6.07, 6.45) is -10.2. The van der Waals surface area contributed by atoms with Crippen LogP contribution >= 0.6 is 23.4 Å². The number of nitrogens with zero attached hydrogens (tertiary/aromatic N) is 2. The minimum absolute atomic E-state index is 0.0493. The number of alkyl halides is 6. The number of carbonyl (C=O) groups is 1. The molecule has 0 bridgehead atoms. The van der Waals surface area contributed by atoms with Crippen molar-refractivity contribution in [3.05, 3.63) is 100 Å². The van der Waals surface area contributed by atoms with Gasteiger partial charge in [0.05, 0.1) is 16.7 Å². The molecule has 0 atom stereocenters. The molecule has 0 amide bonds. The van der Waals surface area contributed by atoms with Gasteiger partial charge in [-0.05, 0) is 42.5 Å². The first kappa shape index (κ1) is 27.6. The summed E-state index contributed by atoms with van der Waals surface area (Å²) in [5, 5.41) is 5.60. The lowest BCUT2D eigenvalue weighted by molar-refractivity contribution is -0.143. The van der Waals surface area contributed by atoms with Gasteiger partial charge in [-0.3, -0.25) is 4.68 Å². The van der Waals surface area contributed by atoms with Crippen molar-refractivity contribution < 1.29 is 35.9 Å². The Morgan fingerprint density at radius 2 is 1.50 bits per heavy atom. The van der Waals surface area contributed by atoms with Gasteiger partial charge in [-0.1, -0.05) is 53.7 Å². The van der Waals surface area contributed by atoms with Gasteiger partial charge >= 0.3 is 18.3 Å². The van der Waals surface area contributed by atoms with Crippen molar-refractivity contribution in [2.45, 2.75) is 28.9 Å². The molecule has 0 unspecified atom stereocenters. The summed E-state index contributed by atoms with van der Waals surface area (Å²) in [5.74, 6) is -1.34. The fourth-order valence-electron chi connectivity index (χ4n) is 3.55. The van der Waals surface area contributed by atoms with Crippen molar-refractivity contribution in [3.63, 3.8) is 0 Å². The zero-order valence-corrected chi connectivity index (χ0v) is 21.0. The molecule has 3 aromatic carbocycles. The second kappa shape index (κ2) is 10.7. The number of carbonyl (C=O) groups excluding carboxylic acids is 1. The van der Waals surface area contributed by atoms with E-state index in [4.69, 9.17) is 16.3 Å². The van der Waals surface area contributed by atoms with Crippen LogP contribution in [0.15, 0.2) is 82.7 Å². The van der Waals surface area contributed by atoms with Crippen LogP contribution < -0.4 is 0 Å². The number of benzene rings is 3. The minimum Gasteiger partial charge on any atom is -0.457 e. The molecule has 38 heavy (non-hydrogen) atoms. The van der Waals surface area contributed by atoms with Gasteiger partial charge < -0.3 is 4.74 Å². The Morgan fingerprint density at radius 3 is 2.05 bits per heavy atom. The number of ether oxygens (including phenoxy) is 1. The van der Waals surface area contributed by atoms with Crippen molar-refractivity contribution in [2.24, 2.45) is 7.05 Å². The SMILES string of the molecule is Cn1nc(-c2ccccc2)c(COC(=O)c2cc(C(F)(F)F)cc(C(F)(F)F)c2)c1Sc1ccc(Cl)cc1. The van der Waals surface area contributed by atoms with E-state index in [1.54, 1.807) is 66.3 Å². The maximum atomic E-state index is 13.2. The summed E-state index contributed by atoms with van der Waals surface area (Å²) in [6.45, 7) is -0.454. The molecule has 0 aliphatic carbocycles. The second-order valence-electron chi connectivity index (χ2n) is 8.05. The highest BCUT2D eigenvalue weighted by Crippen LogP contribution is 2.38. The molecule has 12 heteroatoms. The van der Waals surface area contributed by atoms with Crippen LogP contribution in [0.1, 0.15) is 27.0 Å². The Hall–Kier alpha value is -3.44. The molecule has 0 fully saturated rings. The van der Waals surface area contributed by atoms with E-state index in [1.165, 1.54) is 11.8 Å². The van der Waals surface area contributed by atoms with Crippen LogP contribution in [0.25, 0.3) is 11.3 Å². The minimum atomic E-state index is -5.09. The molecule has 4 aromatic rings. The normalized spacial score (nSPS) is 12.0. The monoisotopic (exact) mass is 570 g/mol. The molecule has 0 aliphatic heterocycles. The maximum absolute atomic E-state index is 13.2. The van der Waals surface area contributed by atoms with E-state index in [1.807, 2.05) is 0 Å². The van der Waals surface area contributed by atoms with Crippen molar-refractivity contribution in [1.29, 1.82) is 0 Å². The van der Waals surface area contributed by atoms with E-state index in [2.05, 4.69) is 5.10 Å². The molecule has 198 valence electrons. The number of esters is 1. The van der Waals surface area contributed by atoms with Crippen molar-refractivity contribution in [3.8, 4) is 11.3 Å². The highest BCUT2D eigenvalue weighted by Gasteiger charge is 2.37. The summed E-state index contributed by atoms with van der Waals surface area (Å²) in [6, 6.07) is 16.4. The van der Waals surface area contributed by atoms with E-state index in [9.17, 15) is 31.1 Å². The number of hydrogen-bond donors (Lipinski definition) is 0. The molecule has 0 aliphatic rings. The first-order valence-corrected chi connectivity index (χ1v) is 12.0. The Balaban J connectivity index is 1.70. The van der Waals surface area contributed by atoms with Gasteiger partial charge in [0, 0.05) is 28.1 Å². The third kappa shape index (κ3) is 6.33. The van der Waals surface area contributed by atoms with Crippen LogP contribution in [0.4, 0.5) is 26.3 Å². The summed E-state index contributed by atoms with van der Waals surface area (Å²) >= 11 is 7.23. The van der Waals surface area contributed by atoms with Crippen molar-refractivity contribution >= 4 is 29.3 Å². The first-order chi connectivity index (χ1) is 17.8. The van der Waals surface area contributed by atoms with Crippen LogP contribution in [0.3, 0.4) is 0 Å². The zero-order chi connectivity index (χ0) is 27.7. The van der Waals surface area contributed by atoms with E-state index in [-0.39, 0.29) is 6.07 Å². The molecule has 0 saturated carbocycles. The Bertz CT molecular complexity index is 1420. The topological polar surface area (TPSA) is 44.1 Å². The average Bonchev–Trinajstić information content (AvgIpc) is 3.18. The molecular weight excluding hydrogens is 554 g/mol. The van der Waals surface area contributed by atoms with Gasteiger partial charge in [0.2, 0.25) is 0 Å². The molecule has 4 nitrogen and oxygen atoms in total. The van der Waals surface area contributed by atoms with Gasteiger partial charge in [-0.2, -0.15) is 31.4 Å². The van der Waals surface area contributed by atoms with Crippen LogP contribution in [-0.2, 0) is 30.7 Å². The molecule has 0 saturated heterocycles. The molecule has 1 heterocycles. The van der Waals surface area contributed by atoms with E-state index >= 15 is 0 Å². The molecule has 0 spiro atoms. The van der Waals surface area contributed by atoms with Gasteiger partial charge in [0.25, 0.3) is 0 Å². The Morgan fingerprint density at radius 1 is 0.921 bits per heavy atom. The standard InChI is InChI=1S/C26H17ClF6N2O2S/c1-35-23(38-20-9-7-19(27)8-10-20)21(22(34-35)15-5-3-2-4-6-15)14-37-24(36)16-11-17(25(28,29)30)13-18(12-16)26(31,32)33/h2-13H,14H2,1H3. The van der Waals surface area contributed by atoms with Crippen molar-refractivity contribution in [2.75, 3.05) is 0 Å². The lowest BCUT2D eigenvalue weighted by atomic mass is 10.0. The lowest BCUT2D eigenvalue weighted by Gasteiger charge is -2.14. The van der Waals surface area contributed by atoms with Crippen molar-refractivity contribution in [1.82, 2.24) is 9.78 Å². The summed E-state index contributed by atoms with van der Waals surface area (Å²) in [5.41, 5.74) is -2.54. The van der Waals surface area contributed by atoms with Gasteiger partial charge in [-0.25, -0.2) is 4.79 Å². The smallest absolute Gasteiger partial charge is 0.416 e. The maximum Gasteiger partial charge on any atom is 0.416 e. The van der Waals surface area contributed by atoms with E-state index in [0.717, 1.165) is 4.90 Å². The predicted octanol–water partition coefficient (Wildman–Crippen LogP) is 8.29. The number of hydrogen-bond acceptors (Lipinski definition) is 4. The van der Waals surface area contributed by atoms with E-state index in [0.29, 0.717) is 39.0 Å². The van der Waals surface area contributed by atoms with Crippen LogP contribution in [0.2, 0.25) is 5.02 Å². The summed E-state index contributed by atoms with van der Waals surface area (Å²) < 4.78 is 86.2. The predicted molar refractivity (Wildman–Crippen MR) is 130 cm³/mol. The summed E-state index contributed by atoms with van der Waals surface area (Å²) in [7, 11) is 1.67. The number of aryl methyl sites for hydroxylation is 1. The highest BCUT2D eigenvalue weighted by atomic mass is 35.5.